The molecule has 5 heteroatoms. The first kappa shape index (κ1) is 18.0. The number of fused-ring (bicyclic) bond motifs is 1. The fourth-order valence-electron chi connectivity index (χ4n) is 4.18. The Balaban J connectivity index is 1.86. The number of rotatable bonds is 3. The van der Waals surface area contributed by atoms with Crippen molar-refractivity contribution in [2.24, 2.45) is 7.05 Å². The molecule has 0 N–H and O–H groups in total. The SMILES string of the molecule is Cc1c([C](=[Cr])N2C(=O)N(C)[C@@H](C)[C@H]2c2ccccc2)n(C)c2ccccc12. The Bertz CT molecular complexity index is 1000. The van der Waals surface area contributed by atoms with Crippen LogP contribution < -0.4 is 0 Å². The van der Waals surface area contributed by atoms with Gasteiger partial charge >= 0.3 is 168 Å². The van der Waals surface area contributed by atoms with Crippen LogP contribution in [0.25, 0.3) is 10.9 Å². The Morgan fingerprint density at radius 1 is 1.00 bits per heavy atom. The summed E-state index contributed by atoms with van der Waals surface area (Å²) >= 11 is 3.22. The molecule has 0 bridgehead atoms. The molecule has 0 aliphatic carbocycles. The second-order valence-corrected chi connectivity index (χ2v) is 7.82. The van der Waals surface area contributed by atoms with Crippen molar-refractivity contribution < 1.29 is 20.6 Å². The summed E-state index contributed by atoms with van der Waals surface area (Å²) in [6.45, 7) is 4.23. The molecule has 27 heavy (non-hydrogen) atoms. The van der Waals surface area contributed by atoms with E-state index in [0.717, 1.165) is 15.8 Å². The number of likely N-dealkylation sites (N-methyl/N-ethyl adjacent to an activating group) is 1. The van der Waals surface area contributed by atoms with Gasteiger partial charge in [0.15, 0.2) is 0 Å². The minimum atomic E-state index is -0.0302. The second-order valence-electron chi connectivity index (χ2n) is 7.21. The monoisotopic (exact) mass is 397 g/mol. The molecular formula is C22H23CrN3O. The van der Waals surface area contributed by atoms with Crippen LogP contribution >= 0.6 is 0 Å². The Hall–Kier alpha value is -2.35. The van der Waals surface area contributed by atoms with Crippen molar-refractivity contribution >= 4 is 21.4 Å². The molecule has 138 valence electrons. The molecule has 1 aliphatic heterocycles. The van der Waals surface area contributed by atoms with Gasteiger partial charge in [0.1, 0.15) is 0 Å². The van der Waals surface area contributed by atoms with Crippen LogP contribution in [-0.4, -0.2) is 38.0 Å². The zero-order chi connectivity index (χ0) is 19.3. The van der Waals surface area contributed by atoms with E-state index in [1.165, 1.54) is 16.5 Å². The molecule has 0 spiro atoms. The number of para-hydroxylation sites is 1. The average molecular weight is 397 g/mol. The van der Waals surface area contributed by atoms with Crippen LogP contribution in [-0.2, 0) is 22.9 Å². The number of urea groups is 1. The Labute approximate surface area is 168 Å². The van der Waals surface area contributed by atoms with Gasteiger partial charge in [0.05, 0.1) is 0 Å². The first-order valence-electron chi connectivity index (χ1n) is 9.12. The van der Waals surface area contributed by atoms with Crippen molar-refractivity contribution in [3.8, 4) is 0 Å². The Morgan fingerprint density at radius 2 is 1.63 bits per heavy atom. The van der Waals surface area contributed by atoms with Crippen LogP contribution in [0.2, 0.25) is 0 Å². The summed E-state index contributed by atoms with van der Waals surface area (Å²) in [5, 5.41) is 1.21. The summed E-state index contributed by atoms with van der Waals surface area (Å²) in [4.78, 5) is 16.9. The van der Waals surface area contributed by atoms with Gasteiger partial charge in [0.2, 0.25) is 0 Å². The summed E-state index contributed by atoms with van der Waals surface area (Å²) in [6, 6.07) is 18.7. The van der Waals surface area contributed by atoms with Gasteiger partial charge in [0, 0.05) is 0 Å². The van der Waals surface area contributed by atoms with Crippen LogP contribution in [0.1, 0.15) is 29.8 Å². The molecule has 2 amide bonds. The van der Waals surface area contributed by atoms with Crippen LogP contribution in [0.4, 0.5) is 4.79 Å². The summed E-state index contributed by atoms with van der Waals surface area (Å²) in [7, 11) is 3.94. The summed E-state index contributed by atoms with van der Waals surface area (Å²) in [5.74, 6) is 0. The van der Waals surface area contributed by atoms with Gasteiger partial charge in [-0.1, -0.05) is 0 Å². The third-order valence-corrected chi connectivity index (χ3v) is 6.39. The number of carbonyl (C=O) groups is 1. The molecule has 1 aliphatic rings. The molecule has 1 fully saturated rings. The van der Waals surface area contributed by atoms with Crippen LogP contribution in [0.15, 0.2) is 54.6 Å². The van der Waals surface area contributed by atoms with Crippen molar-refractivity contribution in [1.29, 1.82) is 0 Å². The topological polar surface area (TPSA) is 28.5 Å². The van der Waals surface area contributed by atoms with E-state index in [-0.39, 0.29) is 18.1 Å². The molecular weight excluding hydrogens is 374 g/mol. The molecule has 0 unspecified atom stereocenters. The van der Waals surface area contributed by atoms with E-state index < -0.39 is 0 Å². The molecule has 1 aromatic heterocycles. The summed E-state index contributed by atoms with van der Waals surface area (Å²) < 4.78 is 3.05. The molecule has 3 aromatic rings. The van der Waals surface area contributed by atoms with E-state index in [2.05, 4.69) is 71.6 Å². The quantitative estimate of drug-likeness (QED) is 0.657. The summed E-state index contributed by atoms with van der Waals surface area (Å²) in [6.07, 6.45) is 0. The first-order valence-corrected chi connectivity index (χ1v) is 9.76. The number of amides is 2. The van der Waals surface area contributed by atoms with Crippen molar-refractivity contribution in [3.05, 3.63) is 71.4 Å². The molecule has 4 nitrogen and oxygen atoms in total. The number of carbonyl (C=O) groups excluding carboxylic acids is 1. The average Bonchev–Trinajstić information content (AvgIpc) is 3.08. The maximum absolute atomic E-state index is 13.2. The molecule has 2 atom stereocenters. The summed E-state index contributed by atoms with van der Waals surface area (Å²) in [5.41, 5.74) is 4.56. The predicted octanol–water partition coefficient (Wildman–Crippen LogP) is 4.01. The fraction of sp³-hybridized carbons (Fsp3) is 0.273. The number of hydrogen-bond acceptors (Lipinski definition) is 1. The number of benzene rings is 2. The molecule has 2 heterocycles. The van der Waals surface area contributed by atoms with Gasteiger partial charge in [-0.15, -0.1) is 0 Å². The van der Waals surface area contributed by atoms with E-state index in [4.69, 9.17) is 0 Å². The van der Waals surface area contributed by atoms with Crippen LogP contribution in [0, 0.1) is 6.92 Å². The van der Waals surface area contributed by atoms with E-state index in [0.29, 0.717) is 0 Å². The standard InChI is InChI=1S/C22H23N3O.Cr/c1-15-18-12-8-9-13-19(18)24(4)20(15)14-25-21(16(2)23(3)22(25)26)17-10-6-5-7-11-17;/h5-13,16,21H,1-4H3;/t16-,21-;/m0./s1. The van der Waals surface area contributed by atoms with Crippen molar-refractivity contribution in [1.82, 2.24) is 14.4 Å². The van der Waals surface area contributed by atoms with Crippen molar-refractivity contribution in [2.45, 2.75) is 25.9 Å². The predicted molar refractivity (Wildman–Crippen MR) is 105 cm³/mol. The first-order chi connectivity index (χ1) is 12.9. The third-order valence-electron chi connectivity index (χ3n) is 5.78. The van der Waals surface area contributed by atoms with Gasteiger partial charge in [-0.05, 0) is 0 Å². The van der Waals surface area contributed by atoms with Crippen molar-refractivity contribution in [3.63, 3.8) is 0 Å². The van der Waals surface area contributed by atoms with Crippen molar-refractivity contribution in [2.75, 3.05) is 7.05 Å². The molecule has 0 saturated carbocycles. The zero-order valence-electron chi connectivity index (χ0n) is 16.0. The van der Waals surface area contributed by atoms with Gasteiger partial charge < -0.3 is 0 Å². The van der Waals surface area contributed by atoms with Gasteiger partial charge in [-0.25, -0.2) is 0 Å². The third kappa shape index (κ3) is 2.65. The maximum atomic E-state index is 13.2. The normalized spacial score (nSPS) is 19.9. The molecule has 2 aromatic carbocycles. The minimum absolute atomic E-state index is 0.0229. The van der Waals surface area contributed by atoms with Crippen LogP contribution in [0.5, 0.6) is 0 Å². The zero-order valence-corrected chi connectivity index (χ0v) is 17.3. The van der Waals surface area contributed by atoms with E-state index in [1.807, 2.05) is 41.1 Å². The van der Waals surface area contributed by atoms with Gasteiger partial charge in [-0.3, -0.25) is 0 Å². The Kier molecular flexibility index (Phi) is 4.46. The number of nitrogens with zero attached hydrogens (tertiary/aromatic N) is 3. The van der Waals surface area contributed by atoms with Gasteiger partial charge in [-0.2, -0.15) is 0 Å². The van der Waals surface area contributed by atoms with Crippen LogP contribution in [0.3, 0.4) is 0 Å². The molecule has 1 saturated heterocycles. The van der Waals surface area contributed by atoms with E-state index in [9.17, 15) is 4.79 Å². The molecule has 4 rings (SSSR count). The van der Waals surface area contributed by atoms with E-state index in [1.54, 1.807) is 0 Å². The number of hydrogen-bond donors (Lipinski definition) is 0. The Morgan fingerprint density at radius 3 is 2.30 bits per heavy atom. The molecule has 0 radical (unpaired) electrons. The van der Waals surface area contributed by atoms with Gasteiger partial charge in [0.25, 0.3) is 0 Å². The number of aryl methyl sites for hydroxylation is 2. The van der Waals surface area contributed by atoms with E-state index >= 15 is 0 Å². The number of aromatic nitrogens is 1. The second kappa shape index (κ2) is 6.67. The fourth-order valence-corrected chi connectivity index (χ4v) is 4.93.